The Morgan fingerprint density at radius 2 is 1.39 bits per heavy atom. The Balaban J connectivity index is 1.16. The molecule has 0 saturated heterocycles. The van der Waals surface area contributed by atoms with Crippen LogP contribution in [0.3, 0.4) is 0 Å². The SMILES string of the molecule is O=C(Nc1cccc(C2N=NN=N2)c1)NC1C(=O)N(c2ccccc2)c2ccccc2N(C2C3CC4CC(C3)CC2C4)C1=O. The van der Waals surface area contributed by atoms with Gasteiger partial charge in [0.25, 0.3) is 11.8 Å². The highest BCUT2D eigenvalue weighted by Gasteiger charge is 2.54. The maximum Gasteiger partial charge on any atom is 0.320 e. The molecule has 1 unspecified atom stereocenters. The molecule has 11 heteroatoms. The van der Waals surface area contributed by atoms with Crippen LogP contribution in [0.25, 0.3) is 0 Å². The fourth-order valence-corrected chi connectivity index (χ4v) is 8.44. The van der Waals surface area contributed by atoms with E-state index < -0.39 is 30.1 Å². The number of anilines is 4. The first-order chi connectivity index (χ1) is 21.5. The first kappa shape index (κ1) is 26.7. The maximum atomic E-state index is 14.7. The van der Waals surface area contributed by atoms with Gasteiger partial charge in [-0.05, 0) is 103 Å². The minimum atomic E-state index is -1.43. The van der Waals surface area contributed by atoms with Crippen LogP contribution in [0.2, 0.25) is 0 Å². The summed E-state index contributed by atoms with van der Waals surface area (Å²) in [6, 6.07) is 21.8. The van der Waals surface area contributed by atoms with Crippen molar-refractivity contribution in [3.8, 4) is 0 Å². The Morgan fingerprint density at radius 1 is 0.727 bits per heavy atom. The third kappa shape index (κ3) is 4.54. The number of para-hydroxylation sites is 3. The summed E-state index contributed by atoms with van der Waals surface area (Å²) in [5, 5.41) is 20.6. The van der Waals surface area contributed by atoms with Gasteiger partial charge in [-0.2, -0.15) is 0 Å². The second-order valence-electron chi connectivity index (χ2n) is 12.6. The van der Waals surface area contributed by atoms with Crippen LogP contribution < -0.4 is 20.4 Å². The molecule has 3 aromatic rings. The van der Waals surface area contributed by atoms with Gasteiger partial charge < -0.3 is 15.5 Å². The number of amides is 4. The number of benzene rings is 3. The smallest absolute Gasteiger partial charge is 0.318 e. The highest BCUT2D eigenvalue weighted by molar-refractivity contribution is 6.24. The molecule has 4 aliphatic carbocycles. The van der Waals surface area contributed by atoms with Crippen molar-refractivity contribution in [1.82, 2.24) is 5.32 Å². The van der Waals surface area contributed by atoms with Gasteiger partial charge in [0.15, 0.2) is 6.04 Å². The van der Waals surface area contributed by atoms with Gasteiger partial charge in [0.05, 0.1) is 11.4 Å². The molecule has 1 atom stereocenters. The minimum Gasteiger partial charge on any atom is -0.318 e. The molecular weight excluding hydrogens is 556 g/mol. The lowest BCUT2D eigenvalue weighted by molar-refractivity contribution is -0.130. The van der Waals surface area contributed by atoms with Crippen molar-refractivity contribution in [1.29, 1.82) is 0 Å². The van der Waals surface area contributed by atoms with Gasteiger partial charge in [0.1, 0.15) is 0 Å². The van der Waals surface area contributed by atoms with Crippen molar-refractivity contribution >= 4 is 40.6 Å². The van der Waals surface area contributed by atoms with Crippen LogP contribution in [-0.2, 0) is 9.59 Å². The van der Waals surface area contributed by atoms with Gasteiger partial charge in [0, 0.05) is 23.0 Å². The third-order valence-electron chi connectivity index (χ3n) is 9.90. The predicted octanol–water partition coefficient (Wildman–Crippen LogP) is 6.54. The lowest BCUT2D eigenvalue weighted by Crippen LogP contribution is -2.62. The highest BCUT2D eigenvalue weighted by Crippen LogP contribution is 2.56. The van der Waals surface area contributed by atoms with E-state index in [9.17, 15) is 14.4 Å². The van der Waals surface area contributed by atoms with E-state index in [4.69, 9.17) is 0 Å². The molecule has 3 aromatic carbocycles. The molecular formula is C33H32N8O3. The standard InChI is InChI=1S/C33H32N8O3/c42-31-28(35-33(44)34-24-8-6-7-21(18-24)30-36-38-39-37-30)32(43)41(29-22-14-19-13-20(16-22)17-23(29)15-19)27-12-5-4-11-26(27)40(31)25-9-2-1-3-10-25/h1-12,18-20,22-23,28-30H,13-17H2,(H2,34,35,44). The lowest BCUT2D eigenvalue weighted by Gasteiger charge is -2.57. The van der Waals surface area contributed by atoms with Crippen molar-refractivity contribution in [2.75, 3.05) is 15.1 Å². The number of carbonyl (C=O) groups excluding carboxylic acids is 3. The van der Waals surface area contributed by atoms with Gasteiger partial charge in [-0.1, -0.05) is 42.5 Å². The van der Waals surface area contributed by atoms with Crippen molar-refractivity contribution in [2.24, 2.45) is 44.3 Å². The molecule has 0 radical (unpaired) electrons. The monoisotopic (exact) mass is 588 g/mol. The number of carbonyl (C=O) groups is 3. The number of urea groups is 1. The molecule has 4 amide bonds. The van der Waals surface area contributed by atoms with E-state index in [1.54, 1.807) is 23.1 Å². The van der Waals surface area contributed by atoms with Gasteiger partial charge in [-0.3, -0.25) is 14.5 Å². The number of nitrogens with zero attached hydrogens (tertiary/aromatic N) is 6. The first-order valence-electron chi connectivity index (χ1n) is 15.3. The topological polar surface area (TPSA) is 131 Å². The minimum absolute atomic E-state index is 0.0150. The van der Waals surface area contributed by atoms with Crippen molar-refractivity contribution in [2.45, 2.75) is 50.4 Å². The van der Waals surface area contributed by atoms with Crippen LogP contribution in [0, 0.1) is 23.7 Å². The fraction of sp³-hybridized carbons (Fsp3) is 0.364. The zero-order valence-corrected chi connectivity index (χ0v) is 24.0. The second kappa shape index (κ2) is 10.7. The molecule has 4 fully saturated rings. The molecule has 6 aliphatic rings. The molecule has 2 aliphatic heterocycles. The normalized spacial score (nSPS) is 28.7. The fourth-order valence-electron chi connectivity index (χ4n) is 8.44. The average Bonchev–Trinajstić information content (AvgIpc) is 3.55. The van der Waals surface area contributed by atoms with Crippen molar-refractivity contribution < 1.29 is 14.4 Å². The van der Waals surface area contributed by atoms with E-state index in [1.807, 2.05) is 65.6 Å². The van der Waals surface area contributed by atoms with E-state index in [2.05, 4.69) is 31.3 Å². The Bertz CT molecular complexity index is 1650. The summed E-state index contributed by atoms with van der Waals surface area (Å²) in [6.07, 6.45) is 5.15. The van der Waals surface area contributed by atoms with Crippen molar-refractivity contribution in [3.63, 3.8) is 0 Å². The molecule has 2 heterocycles. The zero-order chi connectivity index (χ0) is 29.8. The Morgan fingerprint density at radius 3 is 2.09 bits per heavy atom. The summed E-state index contributed by atoms with van der Waals surface area (Å²) in [7, 11) is 0. The number of hydrogen-bond donors (Lipinski definition) is 2. The molecule has 0 spiro atoms. The molecule has 4 saturated carbocycles. The van der Waals surface area contributed by atoms with Crippen LogP contribution in [0.15, 0.2) is 99.5 Å². The predicted molar refractivity (Wildman–Crippen MR) is 163 cm³/mol. The summed E-state index contributed by atoms with van der Waals surface area (Å²) in [4.78, 5) is 46.2. The summed E-state index contributed by atoms with van der Waals surface area (Å²) >= 11 is 0. The Kier molecular flexibility index (Phi) is 6.46. The van der Waals surface area contributed by atoms with Crippen LogP contribution >= 0.6 is 0 Å². The van der Waals surface area contributed by atoms with E-state index >= 15 is 0 Å². The molecule has 2 N–H and O–H groups in total. The summed E-state index contributed by atoms with van der Waals surface area (Å²) < 4.78 is 0. The largest absolute Gasteiger partial charge is 0.320 e. The van der Waals surface area contributed by atoms with Crippen molar-refractivity contribution in [3.05, 3.63) is 84.4 Å². The number of fused-ring (bicyclic) bond motifs is 1. The van der Waals surface area contributed by atoms with Crippen LogP contribution in [0.5, 0.6) is 0 Å². The summed E-state index contributed by atoms with van der Waals surface area (Å²) in [5.41, 5.74) is 3.15. The van der Waals surface area contributed by atoms with E-state index in [-0.39, 0.29) is 6.04 Å². The van der Waals surface area contributed by atoms with Crippen LogP contribution in [-0.4, -0.2) is 29.9 Å². The molecule has 0 aromatic heterocycles. The quantitative estimate of drug-likeness (QED) is 0.328. The molecule has 222 valence electrons. The van der Waals surface area contributed by atoms with E-state index in [0.29, 0.717) is 40.1 Å². The average molecular weight is 589 g/mol. The van der Waals surface area contributed by atoms with E-state index in [0.717, 1.165) is 37.5 Å². The molecule has 9 rings (SSSR count). The van der Waals surface area contributed by atoms with Gasteiger partial charge in [-0.15, -0.1) is 10.2 Å². The van der Waals surface area contributed by atoms with Gasteiger partial charge >= 0.3 is 6.03 Å². The Labute approximate surface area is 254 Å². The van der Waals surface area contributed by atoms with Gasteiger partial charge in [0.2, 0.25) is 6.17 Å². The third-order valence-corrected chi connectivity index (χ3v) is 9.90. The summed E-state index contributed by atoms with van der Waals surface area (Å²) in [5.74, 6) is 1.30. The highest BCUT2D eigenvalue weighted by atomic mass is 16.2. The first-order valence-corrected chi connectivity index (χ1v) is 15.3. The number of rotatable bonds is 5. The second-order valence-corrected chi connectivity index (χ2v) is 12.6. The molecule has 44 heavy (non-hydrogen) atoms. The lowest BCUT2D eigenvalue weighted by atomic mass is 9.53. The summed E-state index contributed by atoms with van der Waals surface area (Å²) in [6.45, 7) is 0. The van der Waals surface area contributed by atoms with Crippen LogP contribution in [0.1, 0.15) is 43.8 Å². The number of nitrogens with one attached hydrogen (secondary N) is 2. The zero-order valence-electron chi connectivity index (χ0n) is 24.0. The number of hydrogen-bond acceptors (Lipinski definition) is 7. The maximum absolute atomic E-state index is 14.7. The molecule has 11 nitrogen and oxygen atoms in total. The van der Waals surface area contributed by atoms with E-state index in [1.165, 1.54) is 6.42 Å². The molecule has 4 bridgehead atoms. The van der Waals surface area contributed by atoms with Crippen LogP contribution in [0.4, 0.5) is 27.5 Å². The van der Waals surface area contributed by atoms with Gasteiger partial charge in [-0.25, -0.2) is 4.79 Å². The Hall–Kier alpha value is -4.93.